The molecule has 0 aliphatic carbocycles. The Balaban J connectivity index is 3.29. The third-order valence-electron chi connectivity index (χ3n) is 6.88. The number of carboxylic acid groups (broad SMARTS) is 1. The quantitative estimate of drug-likeness (QED) is 0.346. The van der Waals surface area contributed by atoms with Crippen molar-refractivity contribution in [2.75, 3.05) is 14.1 Å². The predicted molar refractivity (Wildman–Crippen MR) is 152 cm³/mol. The number of nitrogens with one attached hydrogen (secondary N) is 2. The Bertz CT molecular complexity index is 990. The second kappa shape index (κ2) is 13.3. The molecule has 3 N–H and O–H groups in total. The number of hydrogen-bond acceptors (Lipinski definition) is 5. The summed E-state index contributed by atoms with van der Waals surface area (Å²) in [5, 5.41) is 15.5. The summed E-state index contributed by atoms with van der Waals surface area (Å²) in [5.41, 5.74) is -0.0738. The number of carboxylic acids is 1. The van der Waals surface area contributed by atoms with Crippen molar-refractivity contribution in [2.24, 2.45) is 11.3 Å². The van der Waals surface area contributed by atoms with Crippen molar-refractivity contribution in [1.29, 1.82) is 0 Å². The van der Waals surface area contributed by atoms with Gasteiger partial charge in [0.2, 0.25) is 11.8 Å². The molecular weight excluding hydrogens is 482 g/mol. The van der Waals surface area contributed by atoms with Crippen LogP contribution in [0.25, 0.3) is 0 Å². The molecule has 0 heterocycles. The lowest BCUT2D eigenvalue weighted by atomic mass is 9.76. The number of carbonyl (C=O) groups is 3. The third kappa shape index (κ3) is 8.58. The van der Waals surface area contributed by atoms with Gasteiger partial charge in [0.05, 0.1) is 18.2 Å². The highest BCUT2D eigenvalue weighted by molar-refractivity contribution is 5.91. The van der Waals surface area contributed by atoms with Gasteiger partial charge < -0.3 is 25.4 Å². The number of benzene rings is 1. The number of ether oxygens (including phenoxy) is 1. The van der Waals surface area contributed by atoms with Gasteiger partial charge in [0, 0.05) is 18.0 Å². The summed E-state index contributed by atoms with van der Waals surface area (Å²) in [6.07, 6.45) is 1.66. The van der Waals surface area contributed by atoms with E-state index in [0.29, 0.717) is 0 Å². The first-order chi connectivity index (χ1) is 17.3. The Labute approximate surface area is 229 Å². The Morgan fingerprint density at radius 3 is 1.89 bits per heavy atom. The summed E-state index contributed by atoms with van der Waals surface area (Å²) in [6.45, 7) is 19.0. The Morgan fingerprint density at radius 1 is 0.974 bits per heavy atom. The lowest BCUT2D eigenvalue weighted by Gasteiger charge is -2.40. The summed E-state index contributed by atoms with van der Waals surface area (Å²) >= 11 is 0. The molecule has 38 heavy (non-hydrogen) atoms. The van der Waals surface area contributed by atoms with Crippen LogP contribution in [0.1, 0.15) is 74.8 Å². The first-order valence-electron chi connectivity index (χ1n) is 13.3. The molecule has 1 aromatic rings. The van der Waals surface area contributed by atoms with Gasteiger partial charge in [-0.3, -0.25) is 9.59 Å². The standard InChI is InChI=1S/C30H49N3O5/c1-18(2)23(17-20(5)28(36)37)33(12)27(35)25(29(6,7)8)32-26(34)24(31-11)30(9,10)21-13-15-22(16-14-21)38-19(3)4/h13-19,23-25,31H,1-12H3,(H,32,34)(H,36,37)/b20-17+/t23-,24+,25-/m1/s1. The zero-order chi connectivity index (χ0) is 29.6. The second-order valence-corrected chi connectivity index (χ2v) is 12.3. The van der Waals surface area contributed by atoms with Gasteiger partial charge in [0.1, 0.15) is 11.8 Å². The number of rotatable bonds is 12. The van der Waals surface area contributed by atoms with Gasteiger partial charge >= 0.3 is 5.97 Å². The van der Waals surface area contributed by atoms with Crippen LogP contribution < -0.4 is 15.4 Å². The lowest BCUT2D eigenvalue weighted by Crippen LogP contribution is -2.61. The molecule has 8 nitrogen and oxygen atoms in total. The van der Waals surface area contributed by atoms with Crippen molar-refractivity contribution < 1.29 is 24.2 Å². The fraction of sp³-hybridized carbons (Fsp3) is 0.633. The molecular formula is C30H49N3O5. The van der Waals surface area contributed by atoms with Gasteiger partial charge in [0.15, 0.2) is 0 Å². The largest absolute Gasteiger partial charge is 0.491 e. The van der Waals surface area contributed by atoms with E-state index in [4.69, 9.17) is 4.74 Å². The van der Waals surface area contributed by atoms with Gasteiger partial charge in [-0.15, -0.1) is 0 Å². The normalized spacial score (nSPS) is 15.2. The SMILES string of the molecule is CN[C@@H](C(=O)N[C@H](C(=O)N(C)[C@H](/C=C(\C)C(=O)O)C(C)C)C(C)(C)C)C(C)(C)c1ccc(OC(C)C)cc1. The van der Waals surface area contributed by atoms with Crippen molar-refractivity contribution in [2.45, 2.75) is 98.9 Å². The van der Waals surface area contributed by atoms with Gasteiger partial charge in [0.25, 0.3) is 0 Å². The van der Waals surface area contributed by atoms with E-state index in [0.717, 1.165) is 11.3 Å². The van der Waals surface area contributed by atoms with Gasteiger partial charge in [-0.05, 0) is 56.8 Å². The van der Waals surface area contributed by atoms with Crippen LogP contribution in [0.4, 0.5) is 0 Å². The molecule has 0 radical (unpaired) electrons. The van der Waals surface area contributed by atoms with E-state index in [1.54, 1.807) is 25.1 Å². The zero-order valence-corrected chi connectivity index (χ0v) is 25.3. The molecule has 0 unspecified atom stereocenters. The maximum Gasteiger partial charge on any atom is 0.331 e. The van der Waals surface area contributed by atoms with Crippen molar-refractivity contribution in [3.63, 3.8) is 0 Å². The molecule has 0 fully saturated rings. The van der Waals surface area contributed by atoms with E-state index < -0.39 is 34.9 Å². The molecule has 8 heteroatoms. The molecule has 0 spiro atoms. The first-order valence-corrected chi connectivity index (χ1v) is 13.3. The highest BCUT2D eigenvalue weighted by Gasteiger charge is 2.41. The van der Waals surface area contributed by atoms with E-state index in [-0.39, 0.29) is 29.4 Å². The topological polar surface area (TPSA) is 108 Å². The average Bonchev–Trinajstić information content (AvgIpc) is 2.79. The molecule has 0 aromatic heterocycles. The third-order valence-corrected chi connectivity index (χ3v) is 6.88. The molecule has 1 aromatic carbocycles. The summed E-state index contributed by atoms with van der Waals surface area (Å²) in [6, 6.07) is 5.82. The molecule has 2 amide bonds. The summed E-state index contributed by atoms with van der Waals surface area (Å²) in [4.78, 5) is 40.5. The first kappa shape index (κ1) is 33.2. The van der Waals surface area contributed by atoms with Crippen LogP contribution in [0.3, 0.4) is 0 Å². The van der Waals surface area contributed by atoms with E-state index in [2.05, 4.69) is 10.6 Å². The van der Waals surface area contributed by atoms with Crippen molar-refractivity contribution >= 4 is 17.8 Å². The molecule has 0 aliphatic rings. The van der Waals surface area contributed by atoms with Crippen LogP contribution in [0, 0.1) is 11.3 Å². The molecule has 214 valence electrons. The molecule has 0 bridgehead atoms. The van der Waals surface area contributed by atoms with E-state index in [1.165, 1.54) is 6.92 Å². The van der Waals surface area contributed by atoms with Crippen molar-refractivity contribution in [3.8, 4) is 5.75 Å². The molecule has 0 saturated heterocycles. The number of nitrogens with zero attached hydrogens (tertiary/aromatic N) is 1. The van der Waals surface area contributed by atoms with Crippen LogP contribution >= 0.6 is 0 Å². The minimum atomic E-state index is -1.03. The number of hydrogen-bond donors (Lipinski definition) is 3. The Hall–Kier alpha value is -2.87. The van der Waals surface area contributed by atoms with E-state index in [9.17, 15) is 19.5 Å². The molecule has 3 atom stereocenters. The van der Waals surface area contributed by atoms with Crippen LogP contribution in [0.15, 0.2) is 35.9 Å². The van der Waals surface area contributed by atoms with Crippen LogP contribution in [0.2, 0.25) is 0 Å². The number of aliphatic carboxylic acids is 1. The van der Waals surface area contributed by atoms with E-state index >= 15 is 0 Å². The minimum absolute atomic E-state index is 0.0267. The smallest absolute Gasteiger partial charge is 0.331 e. The number of amides is 2. The second-order valence-electron chi connectivity index (χ2n) is 12.3. The monoisotopic (exact) mass is 531 g/mol. The maximum absolute atomic E-state index is 13.8. The molecule has 1 rings (SSSR count). The Kier molecular flexibility index (Phi) is 11.6. The lowest BCUT2D eigenvalue weighted by molar-refractivity contribution is -0.141. The summed E-state index contributed by atoms with van der Waals surface area (Å²) < 4.78 is 5.75. The molecule has 0 aliphatic heterocycles. The van der Waals surface area contributed by atoms with Gasteiger partial charge in [-0.2, -0.15) is 0 Å². The van der Waals surface area contributed by atoms with Gasteiger partial charge in [-0.1, -0.05) is 66.7 Å². The maximum atomic E-state index is 13.8. The minimum Gasteiger partial charge on any atom is -0.491 e. The van der Waals surface area contributed by atoms with Crippen LogP contribution in [0.5, 0.6) is 5.75 Å². The zero-order valence-electron chi connectivity index (χ0n) is 25.3. The summed E-state index contributed by atoms with van der Waals surface area (Å²) in [5.74, 6) is -0.860. The number of carbonyl (C=O) groups excluding carboxylic acids is 2. The van der Waals surface area contributed by atoms with Crippen molar-refractivity contribution in [1.82, 2.24) is 15.5 Å². The van der Waals surface area contributed by atoms with Gasteiger partial charge in [-0.25, -0.2) is 4.79 Å². The molecule has 0 saturated carbocycles. The fourth-order valence-corrected chi connectivity index (χ4v) is 4.53. The van der Waals surface area contributed by atoms with Crippen molar-refractivity contribution in [3.05, 3.63) is 41.5 Å². The highest BCUT2D eigenvalue weighted by Crippen LogP contribution is 2.30. The van der Waals surface area contributed by atoms with Crippen LogP contribution in [-0.4, -0.2) is 66.1 Å². The van der Waals surface area contributed by atoms with E-state index in [1.807, 2.05) is 86.6 Å². The number of likely N-dealkylation sites (N-methyl/N-ethyl adjacent to an activating group) is 2. The van der Waals surface area contributed by atoms with Crippen LogP contribution in [-0.2, 0) is 19.8 Å². The average molecular weight is 532 g/mol. The highest BCUT2D eigenvalue weighted by atomic mass is 16.5. The fourth-order valence-electron chi connectivity index (χ4n) is 4.53. The predicted octanol–water partition coefficient (Wildman–Crippen LogP) is 4.38. The Morgan fingerprint density at radius 2 is 1.50 bits per heavy atom. The summed E-state index contributed by atoms with van der Waals surface area (Å²) in [7, 11) is 3.39.